The number of carbonyl (C=O) groups is 1. The van der Waals surface area contributed by atoms with Crippen LogP contribution in [0.2, 0.25) is 0 Å². The molecule has 2 atom stereocenters. The van der Waals surface area contributed by atoms with Crippen molar-refractivity contribution >= 4 is 11.6 Å². The van der Waals surface area contributed by atoms with Crippen molar-refractivity contribution in [3.63, 3.8) is 0 Å². The van der Waals surface area contributed by atoms with Crippen LogP contribution in [0.1, 0.15) is 38.3 Å². The topological polar surface area (TPSA) is 84.3 Å². The average Bonchev–Trinajstić information content (AvgIpc) is 2.45. The van der Waals surface area contributed by atoms with E-state index in [1.54, 1.807) is 19.9 Å². The fraction of sp³-hybridized carbons (Fsp3) is 0.533. The lowest BCUT2D eigenvalue weighted by atomic mass is 10.1. The van der Waals surface area contributed by atoms with Crippen LogP contribution < -0.4 is 10.6 Å². The van der Waals surface area contributed by atoms with Crippen molar-refractivity contribution in [1.82, 2.24) is 10.6 Å². The Hall–Kier alpha value is -1.95. The van der Waals surface area contributed by atoms with Crippen LogP contribution in [0.25, 0.3) is 0 Å². The number of hydrogen-bond acceptors (Lipinski definition) is 4. The molecule has 0 saturated carbocycles. The van der Waals surface area contributed by atoms with Gasteiger partial charge in [0.25, 0.3) is 5.69 Å². The summed E-state index contributed by atoms with van der Waals surface area (Å²) in [5, 5.41) is 16.9. The number of nitrogens with zero attached hydrogens (tertiary/aromatic N) is 1. The van der Waals surface area contributed by atoms with Gasteiger partial charge in [0, 0.05) is 24.2 Å². The molecular weight excluding hydrogens is 270 g/mol. The predicted molar refractivity (Wildman–Crippen MR) is 82.0 cm³/mol. The van der Waals surface area contributed by atoms with Crippen molar-refractivity contribution < 1.29 is 9.72 Å². The highest BCUT2D eigenvalue weighted by Gasteiger charge is 2.16. The maximum atomic E-state index is 11.9. The summed E-state index contributed by atoms with van der Waals surface area (Å²) in [6.07, 6.45) is 0.877. The molecule has 116 valence electrons. The zero-order chi connectivity index (χ0) is 16.0. The van der Waals surface area contributed by atoms with Gasteiger partial charge in [-0.05, 0) is 32.8 Å². The Labute approximate surface area is 125 Å². The van der Waals surface area contributed by atoms with Gasteiger partial charge in [-0.1, -0.05) is 19.1 Å². The molecular formula is C15H23N3O3. The lowest BCUT2D eigenvalue weighted by Gasteiger charge is -2.18. The van der Waals surface area contributed by atoms with Crippen LogP contribution in [0, 0.1) is 17.0 Å². The van der Waals surface area contributed by atoms with Crippen LogP contribution in [0.5, 0.6) is 0 Å². The van der Waals surface area contributed by atoms with Crippen LogP contribution in [0.3, 0.4) is 0 Å². The Kier molecular flexibility index (Phi) is 6.30. The molecule has 6 nitrogen and oxygen atoms in total. The van der Waals surface area contributed by atoms with Crippen LogP contribution in [0.4, 0.5) is 5.69 Å². The molecule has 0 radical (unpaired) electrons. The van der Waals surface area contributed by atoms with Crippen LogP contribution >= 0.6 is 0 Å². The monoisotopic (exact) mass is 293 g/mol. The lowest BCUT2D eigenvalue weighted by Crippen LogP contribution is -2.45. The molecule has 0 aromatic heterocycles. The van der Waals surface area contributed by atoms with Crippen LogP contribution in [-0.2, 0) is 11.3 Å². The minimum atomic E-state index is -0.391. The van der Waals surface area contributed by atoms with Gasteiger partial charge >= 0.3 is 0 Å². The number of hydrogen-bond donors (Lipinski definition) is 2. The van der Waals surface area contributed by atoms with E-state index in [-0.39, 0.29) is 23.7 Å². The first kappa shape index (κ1) is 17.1. The second kappa shape index (κ2) is 7.73. The molecule has 1 rings (SSSR count). The molecule has 0 aliphatic heterocycles. The van der Waals surface area contributed by atoms with Gasteiger partial charge in [0.2, 0.25) is 5.91 Å². The molecule has 1 aromatic rings. The molecule has 6 heteroatoms. The fourth-order valence-electron chi connectivity index (χ4n) is 1.88. The fourth-order valence-corrected chi connectivity index (χ4v) is 1.88. The van der Waals surface area contributed by atoms with E-state index in [0.717, 1.165) is 12.0 Å². The van der Waals surface area contributed by atoms with Gasteiger partial charge in [-0.2, -0.15) is 0 Å². The van der Waals surface area contributed by atoms with E-state index in [1.807, 2.05) is 19.9 Å². The van der Waals surface area contributed by atoms with Crippen molar-refractivity contribution in [2.45, 2.75) is 52.7 Å². The van der Waals surface area contributed by atoms with Crippen molar-refractivity contribution in [3.05, 3.63) is 39.4 Å². The number of nitrogens with one attached hydrogen (secondary N) is 2. The number of amides is 1. The molecule has 1 aromatic carbocycles. The molecule has 0 saturated heterocycles. The number of rotatable bonds is 7. The summed E-state index contributed by atoms with van der Waals surface area (Å²) in [4.78, 5) is 22.4. The average molecular weight is 293 g/mol. The first-order chi connectivity index (χ1) is 9.86. The Morgan fingerprint density at radius 3 is 2.62 bits per heavy atom. The largest absolute Gasteiger partial charge is 0.352 e. The summed E-state index contributed by atoms with van der Waals surface area (Å²) >= 11 is 0. The van der Waals surface area contributed by atoms with Gasteiger partial charge in [-0.25, -0.2) is 0 Å². The molecule has 0 heterocycles. The third kappa shape index (κ3) is 4.82. The smallest absolute Gasteiger partial charge is 0.272 e. The normalized spacial score (nSPS) is 13.5. The van der Waals surface area contributed by atoms with Gasteiger partial charge < -0.3 is 10.6 Å². The summed E-state index contributed by atoms with van der Waals surface area (Å²) in [7, 11) is 0. The van der Waals surface area contributed by atoms with Gasteiger partial charge in [0.15, 0.2) is 0 Å². The maximum Gasteiger partial charge on any atom is 0.272 e. The standard InChI is InChI=1S/C15H23N3O3/c1-5-10(2)17-15(19)12(4)16-9-13-7-6-8-14(11(13)3)18(20)21/h6-8,10,12,16H,5,9H2,1-4H3,(H,17,19). The van der Waals surface area contributed by atoms with E-state index in [0.29, 0.717) is 12.1 Å². The first-order valence-electron chi connectivity index (χ1n) is 7.13. The van der Waals surface area contributed by atoms with E-state index in [2.05, 4.69) is 10.6 Å². The first-order valence-corrected chi connectivity index (χ1v) is 7.13. The highest BCUT2D eigenvalue weighted by atomic mass is 16.6. The molecule has 0 spiro atoms. The summed E-state index contributed by atoms with van der Waals surface area (Å²) in [5.74, 6) is -0.0626. The summed E-state index contributed by atoms with van der Waals surface area (Å²) in [5.41, 5.74) is 1.56. The third-order valence-corrected chi connectivity index (χ3v) is 3.61. The number of carbonyl (C=O) groups excluding carboxylic acids is 1. The third-order valence-electron chi connectivity index (χ3n) is 3.61. The summed E-state index contributed by atoms with van der Waals surface area (Å²) in [6.45, 7) is 7.89. The zero-order valence-corrected chi connectivity index (χ0v) is 13.0. The van der Waals surface area contributed by atoms with Gasteiger partial charge in [0.1, 0.15) is 0 Å². The SMILES string of the molecule is CCC(C)NC(=O)C(C)NCc1cccc([N+](=O)[O-])c1C. The summed E-state index contributed by atoms with van der Waals surface area (Å²) in [6, 6.07) is 4.76. The summed E-state index contributed by atoms with van der Waals surface area (Å²) < 4.78 is 0. The van der Waals surface area contributed by atoms with Crippen LogP contribution in [0.15, 0.2) is 18.2 Å². The number of nitro benzene ring substituents is 1. The van der Waals surface area contributed by atoms with E-state index >= 15 is 0 Å². The van der Waals surface area contributed by atoms with Gasteiger partial charge in [-0.3, -0.25) is 14.9 Å². The number of nitro groups is 1. The van der Waals surface area contributed by atoms with Gasteiger partial charge in [0.05, 0.1) is 11.0 Å². The zero-order valence-electron chi connectivity index (χ0n) is 13.0. The minimum absolute atomic E-state index is 0.0626. The molecule has 0 aliphatic rings. The van der Waals surface area contributed by atoms with E-state index in [1.165, 1.54) is 6.07 Å². The van der Waals surface area contributed by atoms with Crippen molar-refractivity contribution in [2.75, 3.05) is 0 Å². The Morgan fingerprint density at radius 1 is 1.38 bits per heavy atom. The molecule has 1 amide bonds. The van der Waals surface area contributed by atoms with E-state index in [4.69, 9.17) is 0 Å². The number of benzene rings is 1. The van der Waals surface area contributed by atoms with E-state index < -0.39 is 4.92 Å². The second-order valence-electron chi connectivity index (χ2n) is 5.24. The quantitative estimate of drug-likeness (QED) is 0.597. The van der Waals surface area contributed by atoms with Gasteiger partial charge in [-0.15, -0.1) is 0 Å². The second-order valence-corrected chi connectivity index (χ2v) is 5.24. The Morgan fingerprint density at radius 2 is 2.05 bits per heavy atom. The molecule has 21 heavy (non-hydrogen) atoms. The highest BCUT2D eigenvalue weighted by molar-refractivity contribution is 5.81. The minimum Gasteiger partial charge on any atom is -0.352 e. The van der Waals surface area contributed by atoms with Crippen molar-refractivity contribution in [2.24, 2.45) is 0 Å². The highest BCUT2D eigenvalue weighted by Crippen LogP contribution is 2.20. The van der Waals surface area contributed by atoms with Crippen molar-refractivity contribution in [3.8, 4) is 0 Å². The molecule has 2 N–H and O–H groups in total. The van der Waals surface area contributed by atoms with E-state index in [9.17, 15) is 14.9 Å². The lowest BCUT2D eigenvalue weighted by molar-refractivity contribution is -0.385. The predicted octanol–water partition coefficient (Wildman–Crippen LogP) is 2.30. The Bertz CT molecular complexity index is 517. The molecule has 2 unspecified atom stereocenters. The molecule has 0 fully saturated rings. The molecule has 0 aliphatic carbocycles. The molecule has 0 bridgehead atoms. The maximum absolute atomic E-state index is 11.9. The Balaban J connectivity index is 2.65. The van der Waals surface area contributed by atoms with Crippen molar-refractivity contribution in [1.29, 1.82) is 0 Å². The van der Waals surface area contributed by atoms with Crippen LogP contribution in [-0.4, -0.2) is 22.9 Å².